The molecule has 0 saturated heterocycles. The van der Waals surface area contributed by atoms with Crippen LogP contribution in [-0.4, -0.2) is 25.8 Å². The van der Waals surface area contributed by atoms with Crippen LogP contribution in [0.4, 0.5) is 16.2 Å². The molecule has 0 fully saturated rings. The van der Waals surface area contributed by atoms with E-state index in [1.165, 1.54) is 0 Å². The van der Waals surface area contributed by atoms with E-state index in [2.05, 4.69) is 17.1 Å². The van der Waals surface area contributed by atoms with Gasteiger partial charge in [0, 0.05) is 22.9 Å². The second-order valence-corrected chi connectivity index (χ2v) is 5.88. The van der Waals surface area contributed by atoms with Crippen molar-refractivity contribution in [2.24, 2.45) is 0 Å². The van der Waals surface area contributed by atoms with Gasteiger partial charge in [-0.25, -0.2) is 4.79 Å². The van der Waals surface area contributed by atoms with Crippen LogP contribution in [0.1, 0.15) is 19.8 Å². The summed E-state index contributed by atoms with van der Waals surface area (Å²) in [6.45, 7) is 4.00. The SMILES string of the molecule is CCCCN(CCOC(=O)Nc1ccccc1)c1cccc(Cl)c1. The Hall–Kier alpha value is -2.20. The molecule has 1 amide bonds. The molecule has 0 spiro atoms. The number of anilines is 2. The lowest BCUT2D eigenvalue weighted by atomic mass is 10.2. The third-order valence-electron chi connectivity index (χ3n) is 3.57. The number of carbonyl (C=O) groups excluding carboxylic acids is 1. The summed E-state index contributed by atoms with van der Waals surface area (Å²) in [4.78, 5) is 14.0. The molecule has 1 N–H and O–H groups in total. The highest BCUT2D eigenvalue weighted by Gasteiger charge is 2.09. The van der Waals surface area contributed by atoms with Crippen molar-refractivity contribution < 1.29 is 9.53 Å². The van der Waals surface area contributed by atoms with Gasteiger partial charge in [0.25, 0.3) is 0 Å². The molecule has 2 rings (SSSR count). The van der Waals surface area contributed by atoms with E-state index in [9.17, 15) is 4.79 Å². The smallest absolute Gasteiger partial charge is 0.411 e. The number of nitrogens with zero attached hydrogens (tertiary/aromatic N) is 1. The molecule has 0 atom stereocenters. The summed E-state index contributed by atoms with van der Waals surface area (Å²) in [5, 5.41) is 3.41. The van der Waals surface area contributed by atoms with E-state index in [1.54, 1.807) is 0 Å². The zero-order valence-electron chi connectivity index (χ0n) is 13.9. The number of unbranched alkanes of at least 4 members (excludes halogenated alkanes) is 1. The summed E-state index contributed by atoms with van der Waals surface area (Å²) in [5.41, 5.74) is 1.77. The molecule has 0 bridgehead atoms. The second kappa shape index (κ2) is 9.83. The van der Waals surface area contributed by atoms with Crippen molar-refractivity contribution in [2.45, 2.75) is 19.8 Å². The molecule has 2 aromatic rings. The number of benzene rings is 2. The van der Waals surface area contributed by atoms with Crippen molar-refractivity contribution in [3.63, 3.8) is 0 Å². The Bertz CT molecular complexity index is 634. The first-order valence-corrected chi connectivity index (χ1v) is 8.56. The first-order valence-electron chi connectivity index (χ1n) is 8.18. The van der Waals surface area contributed by atoms with E-state index in [4.69, 9.17) is 16.3 Å². The van der Waals surface area contributed by atoms with Crippen molar-refractivity contribution >= 4 is 29.1 Å². The summed E-state index contributed by atoms with van der Waals surface area (Å²) in [5.74, 6) is 0. The molecule has 0 heterocycles. The molecule has 5 heteroatoms. The molecule has 0 saturated carbocycles. The maximum Gasteiger partial charge on any atom is 0.411 e. The van der Waals surface area contributed by atoms with Crippen LogP contribution in [0.5, 0.6) is 0 Å². The largest absolute Gasteiger partial charge is 0.447 e. The van der Waals surface area contributed by atoms with Crippen molar-refractivity contribution in [3.05, 3.63) is 59.6 Å². The Morgan fingerprint density at radius 2 is 1.92 bits per heavy atom. The first-order chi connectivity index (χ1) is 11.7. The highest BCUT2D eigenvalue weighted by Crippen LogP contribution is 2.19. The van der Waals surface area contributed by atoms with E-state index < -0.39 is 6.09 Å². The van der Waals surface area contributed by atoms with Gasteiger partial charge < -0.3 is 9.64 Å². The third kappa shape index (κ3) is 6.13. The highest BCUT2D eigenvalue weighted by atomic mass is 35.5. The van der Waals surface area contributed by atoms with E-state index >= 15 is 0 Å². The first kappa shape index (κ1) is 18.1. The minimum absolute atomic E-state index is 0.314. The summed E-state index contributed by atoms with van der Waals surface area (Å²) in [7, 11) is 0. The second-order valence-electron chi connectivity index (χ2n) is 5.45. The summed E-state index contributed by atoms with van der Waals surface area (Å²) < 4.78 is 5.28. The van der Waals surface area contributed by atoms with Crippen LogP contribution in [0.15, 0.2) is 54.6 Å². The molecule has 0 aliphatic carbocycles. The molecular weight excluding hydrogens is 324 g/mol. The topological polar surface area (TPSA) is 41.6 Å². The number of halogens is 1. The summed E-state index contributed by atoms with van der Waals surface area (Å²) in [6, 6.07) is 17.0. The minimum atomic E-state index is -0.442. The van der Waals surface area contributed by atoms with Gasteiger partial charge in [0.05, 0.1) is 6.54 Å². The number of rotatable bonds is 8. The lowest BCUT2D eigenvalue weighted by Gasteiger charge is -2.24. The van der Waals surface area contributed by atoms with Crippen LogP contribution in [-0.2, 0) is 4.74 Å². The monoisotopic (exact) mass is 346 g/mol. The average molecular weight is 347 g/mol. The van der Waals surface area contributed by atoms with Crippen molar-refractivity contribution in [1.82, 2.24) is 0 Å². The Morgan fingerprint density at radius 3 is 2.62 bits per heavy atom. The Kier molecular flexibility index (Phi) is 7.43. The maximum absolute atomic E-state index is 11.8. The van der Waals surface area contributed by atoms with Crippen LogP contribution in [0, 0.1) is 0 Å². The number of hydrogen-bond donors (Lipinski definition) is 1. The molecule has 0 radical (unpaired) electrons. The van der Waals surface area contributed by atoms with Crippen LogP contribution in [0.2, 0.25) is 5.02 Å². The van der Waals surface area contributed by atoms with Crippen LogP contribution >= 0.6 is 11.6 Å². The molecule has 128 valence electrons. The minimum Gasteiger partial charge on any atom is -0.447 e. The van der Waals surface area contributed by atoms with E-state index in [-0.39, 0.29) is 0 Å². The van der Waals surface area contributed by atoms with Crippen molar-refractivity contribution in [3.8, 4) is 0 Å². The fourth-order valence-electron chi connectivity index (χ4n) is 2.32. The lowest BCUT2D eigenvalue weighted by Crippen LogP contribution is -2.30. The third-order valence-corrected chi connectivity index (χ3v) is 3.80. The van der Waals surface area contributed by atoms with E-state index in [1.807, 2.05) is 54.6 Å². The fraction of sp³-hybridized carbons (Fsp3) is 0.316. The number of amides is 1. The molecule has 0 unspecified atom stereocenters. The van der Waals surface area contributed by atoms with Gasteiger partial charge in [-0.3, -0.25) is 5.32 Å². The van der Waals surface area contributed by atoms with Crippen LogP contribution < -0.4 is 10.2 Å². The molecule has 0 aliphatic rings. The van der Waals surface area contributed by atoms with Crippen molar-refractivity contribution in [2.75, 3.05) is 29.9 Å². The number of carbonyl (C=O) groups is 1. The standard InChI is InChI=1S/C19H23ClN2O2/c1-2-3-12-22(18-11-7-8-16(20)15-18)13-14-24-19(23)21-17-9-5-4-6-10-17/h4-11,15H,2-3,12-14H2,1H3,(H,21,23). The number of ether oxygens (including phenoxy) is 1. The predicted molar refractivity (Wildman–Crippen MR) is 100.0 cm³/mol. The fourth-order valence-corrected chi connectivity index (χ4v) is 2.50. The number of nitrogens with one attached hydrogen (secondary N) is 1. The lowest BCUT2D eigenvalue weighted by molar-refractivity contribution is 0.164. The number of para-hydroxylation sites is 1. The summed E-state index contributed by atoms with van der Waals surface area (Å²) in [6.07, 6.45) is 1.73. The van der Waals surface area contributed by atoms with Crippen molar-refractivity contribution in [1.29, 1.82) is 0 Å². The predicted octanol–water partition coefficient (Wildman–Crippen LogP) is 5.20. The van der Waals surface area contributed by atoms with Gasteiger partial charge in [-0.05, 0) is 36.8 Å². The van der Waals surface area contributed by atoms with Gasteiger partial charge in [0.1, 0.15) is 6.61 Å². The normalized spacial score (nSPS) is 10.2. The van der Waals surface area contributed by atoms with Gasteiger partial charge in [-0.1, -0.05) is 49.2 Å². The molecular formula is C19H23ClN2O2. The Labute approximate surface area is 148 Å². The van der Waals surface area contributed by atoms with Gasteiger partial charge in [0.2, 0.25) is 0 Å². The van der Waals surface area contributed by atoms with Gasteiger partial charge in [-0.2, -0.15) is 0 Å². The highest BCUT2D eigenvalue weighted by molar-refractivity contribution is 6.30. The van der Waals surface area contributed by atoms with E-state index in [0.717, 1.165) is 30.8 Å². The van der Waals surface area contributed by atoms with E-state index in [0.29, 0.717) is 18.2 Å². The number of hydrogen-bond acceptors (Lipinski definition) is 3. The average Bonchev–Trinajstić information content (AvgIpc) is 2.59. The van der Waals surface area contributed by atoms with Crippen LogP contribution in [0.3, 0.4) is 0 Å². The zero-order valence-corrected chi connectivity index (χ0v) is 14.6. The zero-order chi connectivity index (χ0) is 17.2. The van der Waals surface area contributed by atoms with Gasteiger partial charge in [-0.15, -0.1) is 0 Å². The summed E-state index contributed by atoms with van der Waals surface area (Å²) >= 11 is 6.08. The molecule has 0 aliphatic heterocycles. The Balaban J connectivity index is 1.85. The van der Waals surface area contributed by atoms with Gasteiger partial charge >= 0.3 is 6.09 Å². The quantitative estimate of drug-likeness (QED) is 0.714. The van der Waals surface area contributed by atoms with Crippen LogP contribution in [0.25, 0.3) is 0 Å². The van der Waals surface area contributed by atoms with Gasteiger partial charge in [0.15, 0.2) is 0 Å². The molecule has 4 nitrogen and oxygen atoms in total. The Morgan fingerprint density at radius 1 is 1.12 bits per heavy atom. The molecule has 24 heavy (non-hydrogen) atoms. The molecule has 0 aromatic heterocycles. The maximum atomic E-state index is 11.8. The molecule has 2 aromatic carbocycles.